The molecule has 0 fully saturated rings. The van der Waals surface area contributed by atoms with Crippen molar-refractivity contribution in [2.45, 2.75) is 19.0 Å². The zero-order valence-corrected chi connectivity index (χ0v) is 9.54. The molecule has 6 nitrogen and oxygen atoms in total. The van der Waals surface area contributed by atoms with Gasteiger partial charge in [-0.25, -0.2) is 0 Å². The van der Waals surface area contributed by atoms with Crippen LogP contribution in [0.15, 0.2) is 24.3 Å². The Bertz CT molecular complexity index is 379. The number of hydrogen-bond acceptors (Lipinski definition) is 5. The Hall–Kier alpha value is -1.50. The quantitative estimate of drug-likeness (QED) is 0.500. The number of nitro groups is 1. The molecular weight excluding hydrogens is 224 g/mol. The van der Waals surface area contributed by atoms with E-state index in [0.717, 1.165) is 5.56 Å². The summed E-state index contributed by atoms with van der Waals surface area (Å²) in [4.78, 5) is 10.2. The molecule has 1 unspecified atom stereocenters. The van der Waals surface area contributed by atoms with Gasteiger partial charge in [-0.1, -0.05) is 12.1 Å². The fourth-order valence-electron chi connectivity index (χ4n) is 1.52. The van der Waals surface area contributed by atoms with Gasteiger partial charge in [-0.15, -0.1) is 0 Å². The van der Waals surface area contributed by atoms with Gasteiger partial charge in [-0.2, -0.15) is 0 Å². The number of nitrogens with zero attached hydrogens (tertiary/aromatic N) is 1. The fourth-order valence-corrected chi connectivity index (χ4v) is 1.52. The smallest absolute Gasteiger partial charge is 0.269 e. The second-order valence-electron chi connectivity index (χ2n) is 3.80. The van der Waals surface area contributed by atoms with Crippen molar-refractivity contribution in [1.82, 2.24) is 5.32 Å². The van der Waals surface area contributed by atoms with Gasteiger partial charge in [0.2, 0.25) is 0 Å². The molecule has 94 valence electrons. The number of aliphatic hydroxyl groups is 2. The Morgan fingerprint density at radius 3 is 2.59 bits per heavy atom. The SMILES string of the molecule is CC(NC(CO)CO)c1cccc([N+](=O)[O-])c1. The van der Waals surface area contributed by atoms with Crippen LogP contribution in [0.1, 0.15) is 18.5 Å². The maximum atomic E-state index is 10.6. The van der Waals surface area contributed by atoms with Crippen molar-refractivity contribution in [3.63, 3.8) is 0 Å². The van der Waals surface area contributed by atoms with Crippen LogP contribution in [0.25, 0.3) is 0 Å². The van der Waals surface area contributed by atoms with E-state index in [-0.39, 0.29) is 24.9 Å². The maximum absolute atomic E-state index is 10.6. The van der Waals surface area contributed by atoms with Gasteiger partial charge in [0, 0.05) is 18.2 Å². The zero-order valence-electron chi connectivity index (χ0n) is 9.54. The van der Waals surface area contributed by atoms with E-state index in [9.17, 15) is 10.1 Å². The third kappa shape index (κ3) is 3.77. The van der Waals surface area contributed by atoms with Crippen molar-refractivity contribution < 1.29 is 15.1 Å². The highest BCUT2D eigenvalue weighted by atomic mass is 16.6. The number of rotatable bonds is 6. The van der Waals surface area contributed by atoms with Crippen LogP contribution in [-0.4, -0.2) is 34.4 Å². The van der Waals surface area contributed by atoms with Crippen LogP contribution in [0.4, 0.5) is 5.69 Å². The molecule has 1 rings (SSSR count). The van der Waals surface area contributed by atoms with Crippen LogP contribution in [0.2, 0.25) is 0 Å². The van der Waals surface area contributed by atoms with Gasteiger partial charge in [0.1, 0.15) is 0 Å². The molecule has 0 saturated heterocycles. The van der Waals surface area contributed by atoms with Crippen molar-refractivity contribution in [3.8, 4) is 0 Å². The second-order valence-corrected chi connectivity index (χ2v) is 3.80. The number of non-ortho nitro benzene ring substituents is 1. The van der Waals surface area contributed by atoms with Crippen LogP contribution in [0.3, 0.4) is 0 Å². The Labute approximate surface area is 99.0 Å². The molecule has 0 spiro atoms. The second kappa shape index (κ2) is 6.29. The molecule has 0 aliphatic rings. The van der Waals surface area contributed by atoms with E-state index in [1.807, 2.05) is 6.92 Å². The summed E-state index contributed by atoms with van der Waals surface area (Å²) < 4.78 is 0. The summed E-state index contributed by atoms with van der Waals surface area (Å²) >= 11 is 0. The molecule has 0 aromatic heterocycles. The van der Waals surface area contributed by atoms with Crippen LogP contribution in [0, 0.1) is 10.1 Å². The van der Waals surface area contributed by atoms with E-state index in [1.54, 1.807) is 12.1 Å². The topological polar surface area (TPSA) is 95.6 Å². The van der Waals surface area contributed by atoms with Gasteiger partial charge in [-0.3, -0.25) is 10.1 Å². The Balaban J connectivity index is 2.78. The van der Waals surface area contributed by atoms with Crippen molar-refractivity contribution in [2.24, 2.45) is 0 Å². The van der Waals surface area contributed by atoms with Crippen LogP contribution < -0.4 is 5.32 Å². The Morgan fingerprint density at radius 2 is 2.06 bits per heavy atom. The summed E-state index contributed by atoms with van der Waals surface area (Å²) in [5.74, 6) is 0. The van der Waals surface area contributed by atoms with Gasteiger partial charge >= 0.3 is 0 Å². The number of nitro benzene ring substituents is 1. The van der Waals surface area contributed by atoms with E-state index in [2.05, 4.69) is 5.32 Å². The van der Waals surface area contributed by atoms with Crippen LogP contribution >= 0.6 is 0 Å². The van der Waals surface area contributed by atoms with Gasteiger partial charge in [0.15, 0.2) is 0 Å². The third-order valence-corrected chi connectivity index (χ3v) is 2.51. The summed E-state index contributed by atoms with van der Waals surface area (Å²) in [6.45, 7) is 1.45. The van der Waals surface area contributed by atoms with Crippen molar-refractivity contribution in [3.05, 3.63) is 39.9 Å². The minimum Gasteiger partial charge on any atom is -0.395 e. The standard InChI is InChI=1S/C11H16N2O4/c1-8(12-10(6-14)7-15)9-3-2-4-11(5-9)13(16)17/h2-5,8,10,12,14-15H,6-7H2,1H3. The van der Waals surface area contributed by atoms with Gasteiger partial charge < -0.3 is 15.5 Å². The first-order valence-corrected chi connectivity index (χ1v) is 5.30. The highest BCUT2D eigenvalue weighted by Crippen LogP contribution is 2.19. The van der Waals surface area contributed by atoms with Gasteiger partial charge in [0.25, 0.3) is 5.69 Å². The van der Waals surface area contributed by atoms with E-state index in [0.29, 0.717) is 0 Å². The highest BCUT2D eigenvalue weighted by molar-refractivity contribution is 5.35. The summed E-state index contributed by atoms with van der Waals surface area (Å²) in [7, 11) is 0. The molecule has 3 N–H and O–H groups in total. The first kappa shape index (κ1) is 13.6. The van der Waals surface area contributed by atoms with Gasteiger partial charge in [-0.05, 0) is 12.5 Å². The van der Waals surface area contributed by atoms with Crippen LogP contribution in [-0.2, 0) is 0 Å². The first-order chi connectivity index (χ1) is 8.08. The third-order valence-electron chi connectivity index (χ3n) is 2.51. The molecule has 0 saturated carbocycles. The largest absolute Gasteiger partial charge is 0.395 e. The Morgan fingerprint density at radius 1 is 1.41 bits per heavy atom. The average Bonchev–Trinajstić information content (AvgIpc) is 2.35. The molecule has 0 radical (unpaired) electrons. The molecule has 0 aliphatic heterocycles. The summed E-state index contributed by atoms with van der Waals surface area (Å²) in [5.41, 5.74) is 0.770. The number of aliphatic hydroxyl groups excluding tert-OH is 2. The minimum atomic E-state index is -0.453. The molecule has 17 heavy (non-hydrogen) atoms. The number of nitrogens with one attached hydrogen (secondary N) is 1. The zero-order chi connectivity index (χ0) is 12.8. The van der Waals surface area contributed by atoms with Crippen molar-refractivity contribution >= 4 is 5.69 Å². The normalized spacial score (nSPS) is 12.7. The van der Waals surface area contributed by atoms with Crippen molar-refractivity contribution in [2.75, 3.05) is 13.2 Å². The van der Waals surface area contributed by atoms with E-state index in [4.69, 9.17) is 10.2 Å². The Kier molecular flexibility index (Phi) is 5.02. The molecule has 0 heterocycles. The summed E-state index contributed by atoms with van der Waals surface area (Å²) in [5, 5.41) is 31.5. The number of benzene rings is 1. The molecule has 1 atom stereocenters. The number of hydrogen-bond donors (Lipinski definition) is 3. The molecule has 0 amide bonds. The van der Waals surface area contributed by atoms with Gasteiger partial charge in [0.05, 0.1) is 24.2 Å². The van der Waals surface area contributed by atoms with E-state index >= 15 is 0 Å². The molecule has 0 bridgehead atoms. The highest BCUT2D eigenvalue weighted by Gasteiger charge is 2.14. The van der Waals surface area contributed by atoms with E-state index in [1.165, 1.54) is 12.1 Å². The molecule has 0 aliphatic carbocycles. The van der Waals surface area contributed by atoms with E-state index < -0.39 is 11.0 Å². The maximum Gasteiger partial charge on any atom is 0.269 e. The molecule has 1 aromatic carbocycles. The average molecular weight is 240 g/mol. The molecule has 6 heteroatoms. The van der Waals surface area contributed by atoms with Crippen molar-refractivity contribution in [1.29, 1.82) is 0 Å². The summed E-state index contributed by atoms with van der Waals surface area (Å²) in [6, 6.07) is 5.66. The molecular formula is C11H16N2O4. The lowest BCUT2D eigenvalue weighted by molar-refractivity contribution is -0.384. The minimum absolute atomic E-state index is 0.0284. The van der Waals surface area contributed by atoms with Crippen LogP contribution in [0.5, 0.6) is 0 Å². The first-order valence-electron chi connectivity index (χ1n) is 5.30. The monoisotopic (exact) mass is 240 g/mol. The summed E-state index contributed by atoms with van der Waals surface area (Å²) in [6.07, 6.45) is 0. The lowest BCUT2D eigenvalue weighted by Gasteiger charge is -2.20. The predicted octanol–water partition coefficient (Wildman–Crippen LogP) is 0.599. The lowest BCUT2D eigenvalue weighted by Crippen LogP contribution is -2.37. The molecule has 1 aromatic rings. The lowest BCUT2D eigenvalue weighted by atomic mass is 10.1. The predicted molar refractivity (Wildman–Crippen MR) is 62.6 cm³/mol. The fraction of sp³-hybridized carbons (Fsp3) is 0.455.